The second kappa shape index (κ2) is 8.85. The average molecular weight is 440 g/mol. The predicted octanol–water partition coefficient (Wildman–Crippen LogP) is 4.41. The number of ether oxygens (including phenoxy) is 1. The topological polar surface area (TPSA) is 135 Å². The van der Waals surface area contributed by atoms with Gasteiger partial charge in [-0.05, 0) is 61.4 Å². The van der Waals surface area contributed by atoms with Gasteiger partial charge in [-0.15, -0.1) is 0 Å². The highest BCUT2D eigenvalue weighted by Crippen LogP contribution is 2.34. The smallest absolute Gasteiger partial charge is 0.407 e. The third kappa shape index (κ3) is 4.53. The van der Waals surface area contributed by atoms with E-state index in [2.05, 4.69) is 27.4 Å². The maximum atomic E-state index is 11.6. The minimum atomic E-state index is -1.02. The van der Waals surface area contributed by atoms with Crippen LogP contribution in [0, 0.1) is 36.5 Å². The third-order valence-electron chi connectivity index (χ3n) is 5.35. The van der Waals surface area contributed by atoms with Crippen molar-refractivity contribution < 1.29 is 14.6 Å². The highest BCUT2D eigenvalue weighted by Gasteiger charge is 2.27. The summed E-state index contributed by atoms with van der Waals surface area (Å²) in [6, 6.07) is 14.5. The number of amides is 1. The van der Waals surface area contributed by atoms with Crippen LogP contribution in [0.25, 0.3) is 0 Å². The van der Waals surface area contributed by atoms with E-state index in [1.165, 1.54) is 4.90 Å². The molecule has 0 spiro atoms. The van der Waals surface area contributed by atoms with Gasteiger partial charge in [0.25, 0.3) is 0 Å². The SMILES string of the molecule is Cc1cc(C#N)cc(C)c1Oc1nc(Nc2ccc(C#N)cc2)nc2c1CN(C(=O)O)CC2. The lowest BCUT2D eigenvalue weighted by molar-refractivity contribution is 0.139. The number of carboxylic acid groups (broad SMARTS) is 1. The van der Waals surface area contributed by atoms with Crippen molar-refractivity contribution in [3.05, 3.63) is 69.9 Å². The zero-order chi connectivity index (χ0) is 23.5. The molecule has 1 aliphatic heterocycles. The van der Waals surface area contributed by atoms with Crippen LogP contribution in [0.1, 0.15) is 33.5 Å². The summed E-state index contributed by atoms with van der Waals surface area (Å²) in [5, 5.41) is 30.8. The van der Waals surface area contributed by atoms with E-state index in [0.717, 1.165) is 11.1 Å². The summed E-state index contributed by atoms with van der Waals surface area (Å²) < 4.78 is 6.22. The van der Waals surface area contributed by atoms with Gasteiger partial charge in [0, 0.05) is 18.7 Å². The van der Waals surface area contributed by atoms with Gasteiger partial charge in [-0.1, -0.05) is 0 Å². The van der Waals surface area contributed by atoms with Crippen LogP contribution >= 0.6 is 0 Å². The van der Waals surface area contributed by atoms with Crippen LogP contribution in [0.2, 0.25) is 0 Å². The van der Waals surface area contributed by atoms with Crippen molar-refractivity contribution in [1.82, 2.24) is 14.9 Å². The second-order valence-electron chi connectivity index (χ2n) is 7.70. The number of aryl methyl sites for hydroxylation is 2. The van der Waals surface area contributed by atoms with Crippen LogP contribution in [-0.2, 0) is 13.0 Å². The Labute approximate surface area is 190 Å². The molecule has 0 saturated carbocycles. The van der Waals surface area contributed by atoms with E-state index in [1.54, 1.807) is 36.4 Å². The normalized spacial score (nSPS) is 12.3. The van der Waals surface area contributed by atoms with Gasteiger partial charge in [0.05, 0.1) is 41.1 Å². The van der Waals surface area contributed by atoms with E-state index in [9.17, 15) is 15.2 Å². The Bertz CT molecular complexity index is 1300. The molecule has 9 nitrogen and oxygen atoms in total. The van der Waals surface area contributed by atoms with Crippen LogP contribution in [0.15, 0.2) is 36.4 Å². The molecule has 2 heterocycles. The number of nitrogens with zero attached hydrogens (tertiary/aromatic N) is 5. The van der Waals surface area contributed by atoms with Gasteiger partial charge in [0.2, 0.25) is 11.8 Å². The Morgan fingerprint density at radius 2 is 1.76 bits per heavy atom. The monoisotopic (exact) mass is 440 g/mol. The number of rotatable bonds is 4. The van der Waals surface area contributed by atoms with E-state index in [-0.39, 0.29) is 12.4 Å². The molecule has 2 aromatic carbocycles. The van der Waals surface area contributed by atoms with Gasteiger partial charge >= 0.3 is 6.09 Å². The van der Waals surface area contributed by atoms with Gasteiger partial charge in [-0.25, -0.2) is 9.78 Å². The number of nitrogens with one attached hydrogen (secondary N) is 1. The summed E-state index contributed by atoms with van der Waals surface area (Å²) >= 11 is 0. The Hall–Kier alpha value is -4.63. The summed E-state index contributed by atoms with van der Waals surface area (Å²) in [6.07, 6.45) is -0.592. The van der Waals surface area contributed by atoms with Crippen LogP contribution in [0.3, 0.4) is 0 Å². The maximum Gasteiger partial charge on any atom is 0.407 e. The Balaban J connectivity index is 1.75. The third-order valence-corrected chi connectivity index (χ3v) is 5.35. The summed E-state index contributed by atoms with van der Waals surface area (Å²) in [4.78, 5) is 22.0. The van der Waals surface area contributed by atoms with Crippen LogP contribution in [0.5, 0.6) is 11.6 Å². The molecule has 0 unspecified atom stereocenters. The summed E-state index contributed by atoms with van der Waals surface area (Å²) in [7, 11) is 0. The average Bonchev–Trinajstić information content (AvgIpc) is 2.81. The molecule has 4 rings (SSSR count). The number of hydrogen-bond acceptors (Lipinski definition) is 7. The number of benzene rings is 2. The van der Waals surface area contributed by atoms with Crippen LogP contribution < -0.4 is 10.1 Å². The van der Waals surface area contributed by atoms with Crippen molar-refractivity contribution >= 4 is 17.7 Å². The van der Waals surface area contributed by atoms with Crippen molar-refractivity contribution in [2.24, 2.45) is 0 Å². The molecule has 2 N–H and O–H groups in total. The van der Waals surface area contributed by atoms with E-state index in [4.69, 9.17) is 10.00 Å². The first-order valence-electron chi connectivity index (χ1n) is 10.2. The van der Waals surface area contributed by atoms with Gasteiger partial charge in [-0.2, -0.15) is 15.5 Å². The molecule has 0 saturated heterocycles. The molecule has 164 valence electrons. The van der Waals surface area contributed by atoms with Gasteiger partial charge in [0.1, 0.15) is 5.75 Å². The van der Waals surface area contributed by atoms with Crippen LogP contribution in [-0.4, -0.2) is 32.6 Å². The highest BCUT2D eigenvalue weighted by molar-refractivity contribution is 5.66. The summed E-state index contributed by atoms with van der Waals surface area (Å²) in [5.41, 5.74) is 4.62. The summed E-state index contributed by atoms with van der Waals surface area (Å²) in [6.45, 7) is 4.13. The second-order valence-corrected chi connectivity index (χ2v) is 7.70. The Morgan fingerprint density at radius 1 is 1.09 bits per heavy atom. The zero-order valence-corrected chi connectivity index (χ0v) is 18.1. The first-order chi connectivity index (χ1) is 15.9. The number of hydrogen-bond donors (Lipinski definition) is 2. The van der Waals surface area contributed by atoms with Gasteiger partial charge < -0.3 is 20.1 Å². The lowest BCUT2D eigenvalue weighted by atomic mass is 10.1. The summed E-state index contributed by atoms with van der Waals surface area (Å²) in [5.74, 6) is 1.13. The minimum absolute atomic E-state index is 0.117. The Kier molecular flexibility index (Phi) is 5.79. The van der Waals surface area contributed by atoms with Gasteiger partial charge in [-0.3, -0.25) is 0 Å². The molecule has 0 aliphatic carbocycles. The molecule has 1 aromatic heterocycles. The number of carbonyl (C=O) groups is 1. The molecule has 0 bridgehead atoms. The zero-order valence-electron chi connectivity index (χ0n) is 18.1. The van der Waals surface area contributed by atoms with Crippen molar-refractivity contribution in [1.29, 1.82) is 10.5 Å². The quantitative estimate of drug-likeness (QED) is 0.609. The van der Waals surface area contributed by atoms with Crippen molar-refractivity contribution in [3.8, 4) is 23.8 Å². The molecule has 33 heavy (non-hydrogen) atoms. The van der Waals surface area contributed by atoms with Crippen molar-refractivity contribution in [2.45, 2.75) is 26.8 Å². The van der Waals surface area contributed by atoms with Crippen molar-refractivity contribution in [3.63, 3.8) is 0 Å². The molecule has 0 radical (unpaired) electrons. The van der Waals surface area contributed by atoms with E-state index in [1.807, 2.05) is 13.8 Å². The number of nitriles is 2. The minimum Gasteiger partial charge on any atom is -0.465 e. The number of fused-ring (bicyclic) bond motifs is 1. The molecule has 9 heteroatoms. The van der Waals surface area contributed by atoms with Gasteiger partial charge in [0.15, 0.2) is 0 Å². The molecule has 0 atom stereocenters. The highest BCUT2D eigenvalue weighted by atomic mass is 16.5. The van der Waals surface area contributed by atoms with Crippen LogP contribution in [0.4, 0.5) is 16.4 Å². The predicted molar refractivity (Wildman–Crippen MR) is 119 cm³/mol. The fourth-order valence-corrected chi connectivity index (χ4v) is 3.72. The lowest BCUT2D eigenvalue weighted by Crippen LogP contribution is -2.35. The molecule has 3 aromatic rings. The largest absolute Gasteiger partial charge is 0.465 e. The lowest BCUT2D eigenvalue weighted by Gasteiger charge is -2.27. The van der Waals surface area contributed by atoms with E-state index >= 15 is 0 Å². The molecule has 1 aliphatic rings. The molecular weight excluding hydrogens is 420 g/mol. The molecule has 0 fully saturated rings. The van der Waals surface area contributed by atoms with Crippen molar-refractivity contribution in [2.75, 3.05) is 11.9 Å². The standard InChI is InChI=1S/C24H20N6O3/c1-14-9-17(12-26)10-15(2)21(14)33-22-19-13-30(24(31)32)8-7-20(19)28-23(29-22)27-18-5-3-16(11-25)4-6-18/h3-6,9-10H,7-8,13H2,1-2H3,(H,31,32)(H,27,28,29). The first kappa shape index (κ1) is 21.6. The molecule has 1 amide bonds. The Morgan fingerprint density at radius 3 is 2.36 bits per heavy atom. The fourth-order valence-electron chi connectivity index (χ4n) is 3.72. The van der Waals surface area contributed by atoms with E-state index in [0.29, 0.717) is 52.7 Å². The van der Waals surface area contributed by atoms with E-state index < -0.39 is 6.09 Å². The molecular formula is C24H20N6O3. The number of anilines is 2. The number of aromatic nitrogens is 2. The first-order valence-corrected chi connectivity index (χ1v) is 10.2. The maximum absolute atomic E-state index is 11.6. The fraction of sp³-hybridized carbons (Fsp3) is 0.208.